The lowest BCUT2D eigenvalue weighted by Crippen LogP contribution is -2.16. The first-order chi connectivity index (χ1) is 10.1. The van der Waals surface area contributed by atoms with Crippen molar-refractivity contribution in [2.75, 3.05) is 18.2 Å². The monoisotopic (exact) mass is 312 g/mol. The number of hydrogen-bond acceptors (Lipinski definition) is 9. The number of esters is 1. The van der Waals surface area contributed by atoms with Gasteiger partial charge in [-0.3, -0.25) is 14.9 Å². The highest BCUT2D eigenvalue weighted by atomic mass is 32.2. The number of carbonyl (C=O) groups excluding carboxylic acids is 2. The predicted octanol–water partition coefficient (Wildman–Crippen LogP) is -0.127. The zero-order chi connectivity index (χ0) is 15.2. The van der Waals surface area contributed by atoms with Crippen LogP contribution in [0.2, 0.25) is 0 Å². The molecule has 2 heterocycles. The van der Waals surface area contributed by atoms with Crippen LogP contribution < -0.4 is 5.32 Å². The first-order valence-electron chi connectivity index (χ1n) is 5.77. The predicted molar refractivity (Wildman–Crippen MR) is 70.4 cm³/mol. The van der Waals surface area contributed by atoms with E-state index >= 15 is 0 Å². The number of nitrogens with one attached hydrogen (secondary N) is 1. The van der Waals surface area contributed by atoms with Crippen LogP contribution in [0.5, 0.6) is 0 Å². The van der Waals surface area contributed by atoms with Gasteiger partial charge in [0.1, 0.15) is 6.54 Å². The zero-order valence-electron chi connectivity index (χ0n) is 11.3. The molecule has 2 aromatic heterocycles. The Hall–Kier alpha value is -2.43. The van der Waals surface area contributed by atoms with E-state index in [0.29, 0.717) is 10.9 Å². The normalized spacial score (nSPS) is 10.4. The molecule has 0 spiro atoms. The second kappa shape index (κ2) is 6.83. The summed E-state index contributed by atoms with van der Waals surface area (Å²) in [5, 5.41) is 17.3. The number of nitrogens with zero attached hydrogens (tertiary/aromatic N) is 5. The van der Waals surface area contributed by atoms with Crippen molar-refractivity contribution in [2.45, 2.75) is 18.6 Å². The number of aromatic nitrogens is 5. The van der Waals surface area contributed by atoms with E-state index in [1.165, 1.54) is 11.8 Å². The molecule has 112 valence electrons. The van der Waals surface area contributed by atoms with E-state index in [1.807, 2.05) is 0 Å². The lowest BCUT2D eigenvalue weighted by molar-refractivity contribution is -0.141. The van der Waals surface area contributed by atoms with Gasteiger partial charge in [-0.05, 0) is 17.4 Å². The van der Waals surface area contributed by atoms with Crippen molar-refractivity contribution in [1.82, 2.24) is 25.4 Å². The fourth-order valence-electron chi connectivity index (χ4n) is 1.31. The topological polar surface area (TPSA) is 125 Å². The number of aryl methyl sites for hydroxylation is 1. The Morgan fingerprint density at radius 2 is 2.33 bits per heavy atom. The number of hydrogen-bond donors (Lipinski definition) is 1. The fourth-order valence-corrected chi connectivity index (χ4v) is 1.99. The molecule has 2 aromatic rings. The molecule has 2 rings (SSSR count). The molecule has 0 radical (unpaired) electrons. The number of carbonyl (C=O) groups is 2. The second-order valence-corrected chi connectivity index (χ2v) is 4.81. The van der Waals surface area contributed by atoms with Crippen LogP contribution in [0, 0.1) is 6.92 Å². The molecular formula is C10H12N6O4S. The van der Waals surface area contributed by atoms with E-state index in [4.69, 9.17) is 4.52 Å². The summed E-state index contributed by atoms with van der Waals surface area (Å²) >= 11 is 1.09. The third-order valence-corrected chi connectivity index (χ3v) is 3.19. The number of rotatable bonds is 6. The molecule has 0 saturated heterocycles. The van der Waals surface area contributed by atoms with Crippen LogP contribution in [-0.2, 0) is 20.9 Å². The summed E-state index contributed by atoms with van der Waals surface area (Å²) in [7, 11) is 1.27. The number of tetrazole rings is 1. The van der Waals surface area contributed by atoms with Crippen LogP contribution in [0.1, 0.15) is 5.69 Å². The van der Waals surface area contributed by atoms with Crippen molar-refractivity contribution in [3.05, 3.63) is 11.8 Å². The highest BCUT2D eigenvalue weighted by molar-refractivity contribution is 7.99. The summed E-state index contributed by atoms with van der Waals surface area (Å²) in [6.45, 7) is 1.63. The maximum Gasteiger partial charge on any atom is 0.327 e. The van der Waals surface area contributed by atoms with Crippen LogP contribution >= 0.6 is 11.8 Å². The Morgan fingerprint density at radius 1 is 1.52 bits per heavy atom. The molecule has 21 heavy (non-hydrogen) atoms. The Kier molecular flexibility index (Phi) is 4.87. The van der Waals surface area contributed by atoms with Gasteiger partial charge in [-0.2, -0.15) is 0 Å². The van der Waals surface area contributed by atoms with Gasteiger partial charge in [-0.15, -0.1) is 5.10 Å². The minimum atomic E-state index is -0.481. The van der Waals surface area contributed by atoms with E-state index < -0.39 is 5.97 Å². The maximum atomic E-state index is 11.7. The van der Waals surface area contributed by atoms with Crippen molar-refractivity contribution in [1.29, 1.82) is 0 Å². The van der Waals surface area contributed by atoms with E-state index in [0.717, 1.165) is 11.8 Å². The largest absolute Gasteiger partial charge is 0.468 e. The van der Waals surface area contributed by atoms with Crippen molar-refractivity contribution in [3.8, 4) is 0 Å². The molecule has 0 fully saturated rings. The Balaban J connectivity index is 1.86. The molecule has 0 saturated carbocycles. The van der Waals surface area contributed by atoms with Gasteiger partial charge in [0.25, 0.3) is 0 Å². The van der Waals surface area contributed by atoms with Gasteiger partial charge in [-0.1, -0.05) is 16.9 Å². The number of thioether (sulfide) groups is 1. The summed E-state index contributed by atoms with van der Waals surface area (Å²) in [6, 6.07) is 1.60. The number of amides is 1. The van der Waals surface area contributed by atoms with Gasteiger partial charge in [0.05, 0.1) is 18.6 Å². The summed E-state index contributed by atoms with van der Waals surface area (Å²) in [5.74, 6) is -0.455. The average molecular weight is 312 g/mol. The maximum absolute atomic E-state index is 11.7. The summed E-state index contributed by atoms with van der Waals surface area (Å²) < 4.78 is 10.6. The van der Waals surface area contributed by atoms with Crippen molar-refractivity contribution in [2.24, 2.45) is 0 Å². The molecule has 0 bridgehead atoms. The van der Waals surface area contributed by atoms with Crippen LogP contribution in [0.3, 0.4) is 0 Å². The average Bonchev–Trinajstić information content (AvgIpc) is 3.05. The van der Waals surface area contributed by atoms with Gasteiger partial charge < -0.3 is 9.26 Å². The fraction of sp³-hybridized carbons (Fsp3) is 0.400. The minimum absolute atomic E-state index is 0.0568. The standard InChI is InChI=1S/C10H12N6O4S/c1-6-3-8(20-13-6)11-7(17)5-21-10-12-14-15-16(10)4-9(18)19-2/h3H,4-5H2,1-2H3,(H,11,17). The third kappa shape index (κ3) is 4.27. The molecule has 0 aliphatic heterocycles. The molecule has 0 aliphatic rings. The molecule has 0 aromatic carbocycles. The van der Waals surface area contributed by atoms with Gasteiger partial charge in [0.2, 0.25) is 16.9 Å². The lowest BCUT2D eigenvalue weighted by atomic mass is 10.5. The molecule has 1 N–H and O–H groups in total. The summed E-state index contributed by atoms with van der Waals surface area (Å²) in [6.07, 6.45) is 0. The van der Waals surface area contributed by atoms with Crippen molar-refractivity contribution in [3.63, 3.8) is 0 Å². The van der Waals surface area contributed by atoms with Crippen LogP contribution in [0.15, 0.2) is 15.7 Å². The second-order valence-electron chi connectivity index (χ2n) is 3.86. The molecule has 0 atom stereocenters. The summed E-state index contributed by atoms with van der Waals surface area (Å²) in [4.78, 5) is 22.9. The van der Waals surface area contributed by atoms with Gasteiger partial charge in [-0.25, -0.2) is 4.68 Å². The first-order valence-corrected chi connectivity index (χ1v) is 6.76. The Bertz CT molecular complexity index is 639. The van der Waals surface area contributed by atoms with Crippen molar-refractivity contribution < 1.29 is 18.8 Å². The van der Waals surface area contributed by atoms with Gasteiger partial charge in [0.15, 0.2) is 0 Å². The zero-order valence-corrected chi connectivity index (χ0v) is 12.1. The minimum Gasteiger partial charge on any atom is -0.468 e. The van der Waals surface area contributed by atoms with Crippen LogP contribution in [0.4, 0.5) is 5.88 Å². The molecule has 10 nitrogen and oxygen atoms in total. The number of ether oxygens (including phenoxy) is 1. The van der Waals surface area contributed by atoms with Gasteiger partial charge in [0, 0.05) is 6.07 Å². The molecule has 0 unspecified atom stereocenters. The van der Waals surface area contributed by atoms with E-state index in [1.54, 1.807) is 13.0 Å². The first kappa shape index (κ1) is 15.0. The lowest BCUT2D eigenvalue weighted by Gasteiger charge is -2.02. The smallest absolute Gasteiger partial charge is 0.327 e. The van der Waals surface area contributed by atoms with Crippen LogP contribution in [0.25, 0.3) is 0 Å². The van der Waals surface area contributed by atoms with E-state index in [-0.39, 0.29) is 24.1 Å². The Labute approximate surface area is 123 Å². The Morgan fingerprint density at radius 3 is 3.00 bits per heavy atom. The third-order valence-electron chi connectivity index (χ3n) is 2.23. The molecule has 1 amide bonds. The molecule has 0 aliphatic carbocycles. The van der Waals surface area contributed by atoms with Crippen LogP contribution in [-0.4, -0.2) is 50.1 Å². The molecular weight excluding hydrogens is 300 g/mol. The van der Waals surface area contributed by atoms with E-state index in [9.17, 15) is 9.59 Å². The van der Waals surface area contributed by atoms with Crippen molar-refractivity contribution >= 4 is 29.5 Å². The highest BCUT2D eigenvalue weighted by Crippen LogP contribution is 2.15. The number of methoxy groups -OCH3 is 1. The highest BCUT2D eigenvalue weighted by Gasteiger charge is 2.14. The van der Waals surface area contributed by atoms with Gasteiger partial charge >= 0.3 is 5.97 Å². The number of anilines is 1. The quantitative estimate of drug-likeness (QED) is 0.573. The molecule has 11 heteroatoms. The van der Waals surface area contributed by atoms with E-state index in [2.05, 4.69) is 30.7 Å². The summed E-state index contributed by atoms with van der Waals surface area (Å²) in [5.41, 5.74) is 0.667. The SMILES string of the molecule is COC(=O)Cn1nnnc1SCC(=O)Nc1cc(C)no1.